The maximum atomic E-state index is 11.9. The van der Waals surface area contributed by atoms with Gasteiger partial charge in [-0.1, -0.05) is 34.8 Å². The number of anilines is 1. The second kappa shape index (κ2) is 8.56. The molecule has 1 aliphatic heterocycles. The third-order valence-corrected chi connectivity index (χ3v) is 3.67. The summed E-state index contributed by atoms with van der Waals surface area (Å²) in [6, 6.07) is 7.70. The fourth-order valence-corrected chi connectivity index (χ4v) is 2.66. The van der Waals surface area contributed by atoms with Gasteiger partial charge in [0.25, 0.3) is 0 Å². The van der Waals surface area contributed by atoms with Gasteiger partial charge in [-0.3, -0.25) is 9.69 Å². The molecule has 1 heterocycles. The van der Waals surface area contributed by atoms with Gasteiger partial charge in [-0.25, -0.2) is 0 Å². The Kier molecular flexibility index (Phi) is 7.42. The molecule has 1 aromatic carbocycles. The zero-order valence-corrected chi connectivity index (χ0v) is 13.3. The van der Waals surface area contributed by atoms with E-state index in [4.69, 9.17) is 0 Å². The third-order valence-electron chi connectivity index (χ3n) is 3.17. The molecule has 3 nitrogen and oxygen atoms in total. The lowest BCUT2D eigenvalue weighted by atomic mass is 10.2. The summed E-state index contributed by atoms with van der Waals surface area (Å²) in [5, 5.41) is 2.94. The number of hydrogen-bond acceptors (Lipinski definition) is 2. The van der Waals surface area contributed by atoms with E-state index in [-0.39, 0.29) is 18.3 Å². The molecule has 0 radical (unpaired) electrons. The van der Waals surface area contributed by atoms with Gasteiger partial charge in [-0.05, 0) is 44.1 Å². The van der Waals surface area contributed by atoms with Gasteiger partial charge in [-0.15, -0.1) is 12.4 Å². The van der Waals surface area contributed by atoms with E-state index in [2.05, 4.69) is 26.1 Å². The molecule has 2 rings (SSSR count). The maximum absolute atomic E-state index is 11.9. The van der Waals surface area contributed by atoms with Gasteiger partial charge < -0.3 is 5.32 Å². The Bertz CT molecular complexity index is 406. The number of nitrogens with one attached hydrogen (secondary N) is 1. The Morgan fingerprint density at radius 1 is 1.21 bits per heavy atom. The van der Waals surface area contributed by atoms with Crippen LogP contribution >= 0.6 is 28.3 Å². The van der Waals surface area contributed by atoms with Crippen LogP contribution in [0.1, 0.15) is 25.7 Å². The van der Waals surface area contributed by atoms with Crippen molar-refractivity contribution in [2.45, 2.75) is 25.7 Å². The number of rotatable bonds is 3. The summed E-state index contributed by atoms with van der Waals surface area (Å²) in [7, 11) is 0. The van der Waals surface area contributed by atoms with Crippen LogP contribution in [0.4, 0.5) is 5.69 Å². The molecule has 0 aliphatic carbocycles. The predicted octanol–water partition coefficient (Wildman–Crippen LogP) is 3.69. The molecule has 0 unspecified atom stereocenters. The van der Waals surface area contributed by atoms with Crippen LogP contribution < -0.4 is 5.32 Å². The number of nitrogens with zero attached hydrogens (tertiary/aromatic N) is 1. The lowest BCUT2D eigenvalue weighted by Crippen LogP contribution is -2.33. The summed E-state index contributed by atoms with van der Waals surface area (Å²) in [5.74, 6) is 0.0787. The summed E-state index contributed by atoms with van der Waals surface area (Å²) in [6.07, 6.45) is 5.02. The highest BCUT2D eigenvalue weighted by Crippen LogP contribution is 2.16. The standard InChI is InChI=1S/C14H19BrN2O.ClH/c15-12-6-5-7-13(10-12)16-14(18)11-17-8-3-1-2-4-9-17;/h5-7,10H,1-4,8-9,11H2,(H,16,18);1H. The molecular weight excluding hydrogens is 328 g/mol. The van der Waals surface area contributed by atoms with E-state index >= 15 is 0 Å². The maximum Gasteiger partial charge on any atom is 0.238 e. The van der Waals surface area contributed by atoms with E-state index in [1.807, 2.05) is 24.3 Å². The molecule has 1 aromatic rings. The average Bonchev–Trinajstić information content (AvgIpc) is 2.57. The monoisotopic (exact) mass is 346 g/mol. The third kappa shape index (κ3) is 5.93. The van der Waals surface area contributed by atoms with Crippen LogP contribution in [0.3, 0.4) is 0 Å². The minimum atomic E-state index is 0. The highest BCUT2D eigenvalue weighted by atomic mass is 79.9. The summed E-state index contributed by atoms with van der Waals surface area (Å²) in [6.45, 7) is 2.60. The van der Waals surface area contributed by atoms with Crippen molar-refractivity contribution in [1.82, 2.24) is 4.90 Å². The van der Waals surface area contributed by atoms with Crippen molar-refractivity contribution in [2.24, 2.45) is 0 Å². The lowest BCUT2D eigenvalue weighted by molar-refractivity contribution is -0.117. The minimum absolute atomic E-state index is 0. The van der Waals surface area contributed by atoms with Gasteiger partial charge in [-0.2, -0.15) is 0 Å². The van der Waals surface area contributed by atoms with E-state index in [1.54, 1.807) is 0 Å². The number of amides is 1. The fourth-order valence-electron chi connectivity index (χ4n) is 2.26. The minimum Gasteiger partial charge on any atom is -0.325 e. The zero-order valence-electron chi connectivity index (χ0n) is 10.9. The fraction of sp³-hybridized carbons (Fsp3) is 0.500. The number of halogens is 2. The zero-order chi connectivity index (χ0) is 12.8. The predicted molar refractivity (Wildman–Crippen MR) is 84.9 cm³/mol. The number of benzene rings is 1. The van der Waals surface area contributed by atoms with E-state index < -0.39 is 0 Å². The van der Waals surface area contributed by atoms with E-state index in [1.165, 1.54) is 25.7 Å². The van der Waals surface area contributed by atoms with Crippen molar-refractivity contribution in [3.05, 3.63) is 28.7 Å². The molecule has 5 heteroatoms. The van der Waals surface area contributed by atoms with Gasteiger partial charge in [0.15, 0.2) is 0 Å². The summed E-state index contributed by atoms with van der Waals surface area (Å²) in [5.41, 5.74) is 0.851. The molecule has 1 aliphatic rings. The topological polar surface area (TPSA) is 32.3 Å². The van der Waals surface area contributed by atoms with Crippen LogP contribution in [0, 0.1) is 0 Å². The molecule has 1 amide bonds. The summed E-state index contributed by atoms with van der Waals surface area (Å²) in [4.78, 5) is 14.2. The Labute approximate surface area is 129 Å². The number of carbonyl (C=O) groups excluding carboxylic acids is 1. The summed E-state index contributed by atoms with van der Waals surface area (Å²) < 4.78 is 0.982. The first-order valence-corrected chi connectivity index (χ1v) is 7.31. The van der Waals surface area contributed by atoms with Gasteiger partial charge in [0.1, 0.15) is 0 Å². The van der Waals surface area contributed by atoms with Gasteiger partial charge in [0.2, 0.25) is 5.91 Å². The molecule has 1 N–H and O–H groups in total. The normalized spacial score (nSPS) is 16.3. The SMILES string of the molecule is Cl.O=C(CN1CCCCCC1)Nc1cccc(Br)c1. The van der Waals surface area contributed by atoms with Gasteiger partial charge in [0.05, 0.1) is 6.54 Å². The second-order valence-corrected chi connectivity index (χ2v) is 5.66. The number of carbonyl (C=O) groups is 1. The molecule has 19 heavy (non-hydrogen) atoms. The van der Waals surface area contributed by atoms with Crippen molar-refractivity contribution in [1.29, 1.82) is 0 Å². The molecule has 0 spiro atoms. The van der Waals surface area contributed by atoms with Crippen LogP contribution in [0.15, 0.2) is 28.7 Å². The molecule has 0 aromatic heterocycles. The van der Waals surface area contributed by atoms with Crippen molar-refractivity contribution in [3.8, 4) is 0 Å². The summed E-state index contributed by atoms with van der Waals surface area (Å²) >= 11 is 3.40. The number of likely N-dealkylation sites (tertiary alicyclic amines) is 1. The molecule has 0 saturated carbocycles. The second-order valence-electron chi connectivity index (χ2n) is 4.75. The molecule has 1 saturated heterocycles. The molecule has 106 valence electrons. The first kappa shape index (κ1) is 16.5. The number of hydrogen-bond donors (Lipinski definition) is 1. The molecule has 0 bridgehead atoms. The van der Waals surface area contributed by atoms with E-state index in [0.717, 1.165) is 23.2 Å². The lowest BCUT2D eigenvalue weighted by Gasteiger charge is -2.18. The smallest absolute Gasteiger partial charge is 0.238 e. The Morgan fingerprint density at radius 3 is 2.53 bits per heavy atom. The van der Waals surface area contributed by atoms with Crippen molar-refractivity contribution >= 4 is 39.9 Å². The van der Waals surface area contributed by atoms with Gasteiger partial charge in [0, 0.05) is 10.2 Å². The first-order valence-electron chi connectivity index (χ1n) is 6.52. The Balaban J connectivity index is 0.00000180. The van der Waals surface area contributed by atoms with Crippen molar-refractivity contribution in [2.75, 3.05) is 25.0 Å². The van der Waals surface area contributed by atoms with E-state index in [0.29, 0.717) is 6.54 Å². The molecule has 0 atom stereocenters. The van der Waals surface area contributed by atoms with Crippen molar-refractivity contribution in [3.63, 3.8) is 0 Å². The van der Waals surface area contributed by atoms with Crippen molar-refractivity contribution < 1.29 is 4.79 Å². The van der Waals surface area contributed by atoms with Crippen LogP contribution in [0.5, 0.6) is 0 Å². The van der Waals surface area contributed by atoms with Crippen LogP contribution in [-0.4, -0.2) is 30.4 Å². The highest BCUT2D eigenvalue weighted by molar-refractivity contribution is 9.10. The first-order chi connectivity index (χ1) is 8.74. The average molecular weight is 348 g/mol. The van der Waals surface area contributed by atoms with Gasteiger partial charge >= 0.3 is 0 Å². The quantitative estimate of drug-likeness (QED) is 0.904. The molecule has 1 fully saturated rings. The Hall–Kier alpha value is -0.580. The highest BCUT2D eigenvalue weighted by Gasteiger charge is 2.12. The molecular formula is C14H20BrClN2O. The van der Waals surface area contributed by atoms with Crippen LogP contribution in [0.25, 0.3) is 0 Å². The van der Waals surface area contributed by atoms with Crippen LogP contribution in [0.2, 0.25) is 0 Å². The Morgan fingerprint density at radius 2 is 1.89 bits per heavy atom. The van der Waals surface area contributed by atoms with E-state index in [9.17, 15) is 4.79 Å². The largest absolute Gasteiger partial charge is 0.325 e. The van der Waals surface area contributed by atoms with Crippen LogP contribution in [-0.2, 0) is 4.79 Å².